The van der Waals surface area contributed by atoms with E-state index < -0.39 is 18.1 Å². The van der Waals surface area contributed by atoms with Crippen molar-refractivity contribution in [3.05, 3.63) is 96.9 Å². The van der Waals surface area contributed by atoms with Gasteiger partial charge >= 0.3 is 0 Å². The first-order valence-electron chi connectivity index (χ1n) is 14.5. The largest absolute Gasteiger partial charge is 0.378 e. The lowest BCUT2D eigenvalue weighted by atomic mass is 10.3. The van der Waals surface area contributed by atoms with E-state index in [0.717, 1.165) is 54.2 Å². The van der Waals surface area contributed by atoms with Crippen molar-refractivity contribution >= 4 is 35.2 Å². The third kappa shape index (κ3) is 10.8. The molecule has 0 bridgehead atoms. The first kappa shape index (κ1) is 33.8. The van der Waals surface area contributed by atoms with Gasteiger partial charge in [0.2, 0.25) is 10.0 Å². The molecule has 0 aliphatic rings. The molecule has 1 aromatic heterocycles. The van der Waals surface area contributed by atoms with E-state index in [2.05, 4.69) is 66.4 Å². The Morgan fingerprint density at radius 3 is 1.86 bits per heavy atom. The fraction of sp³-hybridized carbons (Fsp3) is 0.375. The molecule has 0 saturated heterocycles. The van der Waals surface area contributed by atoms with Gasteiger partial charge in [0.1, 0.15) is 0 Å². The maximum absolute atomic E-state index is 12.9. The highest BCUT2D eigenvalue weighted by Crippen LogP contribution is 2.35. The third-order valence-corrected chi connectivity index (χ3v) is 13.9. The number of benzene rings is 2. The Morgan fingerprint density at radius 2 is 1.37 bits per heavy atom. The number of hydrazine groups is 1. The van der Waals surface area contributed by atoms with Gasteiger partial charge in [0.25, 0.3) is 0 Å². The van der Waals surface area contributed by atoms with Crippen molar-refractivity contribution in [2.45, 2.75) is 69.4 Å². The van der Waals surface area contributed by atoms with Crippen LogP contribution in [0.2, 0.25) is 24.2 Å². The van der Waals surface area contributed by atoms with Crippen molar-refractivity contribution in [2.75, 3.05) is 29.8 Å². The van der Waals surface area contributed by atoms with Gasteiger partial charge in [-0.2, -0.15) is 0 Å². The van der Waals surface area contributed by atoms with E-state index in [1.807, 2.05) is 49.5 Å². The Balaban J connectivity index is 1.52. The lowest BCUT2D eigenvalue weighted by Gasteiger charge is -2.33. The number of hydrogen-bond acceptors (Lipinski definition) is 7. The first-order valence-corrected chi connectivity index (χ1v) is 18.8. The molecular formula is C32H47N7O2SSi. The third-order valence-electron chi connectivity index (χ3n) is 7.05. The number of nitrogens with one attached hydrogen (secondary N) is 3. The van der Waals surface area contributed by atoms with E-state index in [0.29, 0.717) is 5.69 Å². The number of hydrogen-bond donors (Lipinski definition) is 3. The summed E-state index contributed by atoms with van der Waals surface area (Å²) in [6, 6.07) is 18.8. The average Bonchev–Trinajstić information content (AvgIpc) is 3.38. The molecule has 0 spiro atoms. The highest BCUT2D eigenvalue weighted by Gasteiger charge is 2.32. The van der Waals surface area contributed by atoms with Crippen molar-refractivity contribution in [1.82, 2.24) is 19.7 Å². The lowest BCUT2D eigenvalue weighted by Crippen LogP contribution is -2.35. The van der Waals surface area contributed by atoms with Crippen LogP contribution in [0.25, 0.3) is 0 Å². The lowest BCUT2D eigenvalue weighted by molar-refractivity contribution is 0.575. The quantitative estimate of drug-likeness (QED) is 0.0813. The Kier molecular flexibility index (Phi) is 11.9. The standard InChI is InChI=1S/C32H47N7O2SSi/c1-25(2)22-43(23-26(3)4,24-27(5)6)19-9-18-39-21-30(36-37-39)20-33-42(40,41)32-16-12-29(13-17-32)35-34-28-10-14-31(15-11-28)38(7)8/h10-17,21,33-35H,1,3,5,9,18-20,22-24H2,2,4,6-8H3. The normalized spacial score (nSPS) is 11.7. The molecule has 0 saturated carbocycles. The van der Waals surface area contributed by atoms with Crippen LogP contribution in [0.15, 0.2) is 96.1 Å². The number of nitrogens with zero attached hydrogens (tertiary/aromatic N) is 4. The highest BCUT2D eigenvalue weighted by molar-refractivity contribution is 7.89. The molecule has 11 heteroatoms. The molecule has 0 aliphatic carbocycles. The topological polar surface area (TPSA) is 104 Å². The second-order valence-electron chi connectivity index (χ2n) is 12.0. The second kappa shape index (κ2) is 15.2. The number of allylic oxidation sites excluding steroid dienone is 3. The zero-order valence-corrected chi connectivity index (χ0v) is 28.1. The summed E-state index contributed by atoms with van der Waals surface area (Å²) in [6.07, 6.45) is 2.77. The monoisotopic (exact) mass is 621 g/mol. The van der Waals surface area contributed by atoms with Gasteiger partial charge in [-0.1, -0.05) is 28.0 Å². The Hall–Kier alpha value is -3.67. The molecule has 43 heavy (non-hydrogen) atoms. The van der Waals surface area contributed by atoms with Gasteiger partial charge in [-0.05, 0) is 93.9 Å². The van der Waals surface area contributed by atoms with Gasteiger partial charge in [-0.25, -0.2) is 13.1 Å². The summed E-state index contributed by atoms with van der Waals surface area (Å²) in [4.78, 5) is 2.21. The first-order chi connectivity index (χ1) is 20.3. The maximum Gasteiger partial charge on any atom is 0.240 e. The molecule has 232 valence electrons. The molecule has 0 amide bonds. The Morgan fingerprint density at radius 1 is 0.860 bits per heavy atom. The molecule has 0 fully saturated rings. The molecule has 3 aromatic rings. The summed E-state index contributed by atoms with van der Waals surface area (Å²) in [6.45, 7) is 19.7. The minimum Gasteiger partial charge on any atom is -0.378 e. The summed E-state index contributed by atoms with van der Waals surface area (Å²) in [5.74, 6) is 0. The number of aryl methyl sites for hydroxylation is 1. The van der Waals surface area contributed by atoms with Crippen LogP contribution in [0.4, 0.5) is 17.1 Å². The Labute approximate surface area is 258 Å². The Bertz CT molecular complexity index is 1460. The van der Waals surface area contributed by atoms with Crippen LogP contribution in [0, 0.1) is 0 Å². The van der Waals surface area contributed by atoms with E-state index in [1.165, 1.54) is 16.7 Å². The zero-order chi connectivity index (χ0) is 31.6. The molecule has 1 heterocycles. The molecule has 0 aliphatic heterocycles. The van der Waals surface area contributed by atoms with Gasteiger partial charge in [-0.3, -0.25) is 4.68 Å². The van der Waals surface area contributed by atoms with Crippen LogP contribution in [-0.4, -0.2) is 45.6 Å². The summed E-state index contributed by atoms with van der Waals surface area (Å²) in [5.41, 5.74) is 13.2. The van der Waals surface area contributed by atoms with E-state index in [1.54, 1.807) is 28.9 Å². The van der Waals surface area contributed by atoms with E-state index in [4.69, 9.17) is 0 Å². The fourth-order valence-corrected chi connectivity index (χ4v) is 12.1. The average molecular weight is 622 g/mol. The van der Waals surface area contributed by atoms with Gasteiger partial charge in [0.15, 0.2) is 0 Å². The second-order valence-corrected chi connectivity index (χ2v) is 18.3. The molecule has 9 nitrogen and oxygen atoms in total. The van der Waals surface area contributed by atoms with E-state index in [9.17, 15) is 8.42 Å². The minimum atomic E-state index is -3.72. The van der Waals surface area contributed by atoms with Crippen LogP contribution in [0.5, 0.6) is 0 Å². The molecule has 3 rings (SSSR count). The SMILES string of the molecule is C=C(C)C[Si](CCCn1cc(CNS(=O)(=O)c2ccc(NNc3ccc(N(C)C)cc3)cc2)nn1)(CC(=C)C)CC(=C)C. The molecule has 0 atom stereocenters. The summed E-state index contributed by atoms with van der Waals surface area (Å²) in [5, 5.41) is 8.43. The summed E-state index contributed by atoms with van der Waals surface area (Å²) >= 11 is 0. The summed E-state index contributed by atoms with van der Waals surface area (Å²) < 4.78 is 30.3. The molecule has 2 aromatic carbocycles. The zero-order valence-electron chi connectivity index (χ0n) is 26.3. The fourth-order valence-electron chi connectivity index (χ4n) is 5.47. The van der Waals surface area contributed by atoms with Crippen molar-refractivity contribution in [3.63, 3.8) is 0 Å². The number of rotatable bonds is 18. The molecule has 3 N–H and O–H groups in total. The molecule has 0 radical (unpaired) electrons. The van der Waals surface area contributed by atoms with Crippen molar-refractivity contribution < 1.29 is 8.42 Å². The predicted molar refractivity (Wildman–Crippen MR) is 183 cm³/mol. The number of anilines is 3. The van der Waals surface area contributed by atoms with E-state index in [-0.39, 0.29) is 11.4 Å². The van der Waals surface area contributed by atoms with Crippen LogP contribution in [-0.2, 0) is 23.1 Å². The van der Waals surface area contributed by atoms with Crippen LogP contribution in [0.3, 0.4) is 0 Å². The maximum atomic E-state index is 12.9. The van der Waals surface area contributed by atoms with Crippen LogP contribution < -0.4 is 20.5 Å². The smallest absolute Gasteiger partial charge is 0.240 e. The van der Waals surface area contributed by atoms with Crippen molar-refractivity contribution in [1.29, 1.82) is 0 Å². The van der Waals surface area contributed by atoms with Crippen LogP contribution in [0.1, 0.15) is 32.9 Å². The van der Waals surface area contributed by atoms with Gasteiger partial charge in [-0.15, -0.1) is 24.8 Å². The van der Waals surface area contributed by atoms with E-state index >= 15 is 0 Å². The van der Waals surface area contributed by atoms with Gasteiger partial charge in [0, 0.05) is 32.5 Å². The van der Waals surface area contributed by atoms with Crippen molar-refractivity contribution in [2.24, 2.45) is 0 Å². The molecular weight excluding hydrogens is 575 g/mol. The van der Waals surface area contributed by atoms with Crippen LogP contribution >= 0.6 is 0 Å². The minimum absolute atomic E-state index is 0.0620. The van der Waals surface area contributed by atoms with Crippen molar-refractivity contribution in [3.8, 4) is 0 Å². The predicted octanol–water partition coefficient (Wildman–Crippen LogP) is 6.83. The highest BCUT2D eigenvalue weighted by atomic mass is 32.2. The number of sulfonamides is 1. The van der Waals surface area contributed by atoms with Gasteiger partial charge in [0.05, 0.1) is 36.6 Å². The van der Waals surface area contributed by atoms with Gasteiger partial charge < -0.3 is 15.8 Å². The number of aromatic nitrogens is 3. The summed E-state index contributed by atoms with van der Waals surface area (Å²) in [7, 11) is -1.44. The molecule has 0 unspecified atom stereocenters.